The van der Waals surface area contributed by atoms with Crippen LogP contribution in [0.1, 0.15) is 36.9 Å². The number of rotatable bonds is 5. The van der Waals surface area contributed by atoms with E-state index in [4.69, 9.17) is 23.1 Å². The summed E-state index contributed by atoms with van der Waals surface area (Å²) in [5, 5.41) is 3.39. The van der Waals surface area contributed by atoms with Gasteiger partial charge in [-0.05, 0) is 55.5 Å². The van der Waals surface area contributed by atoms with E-state index in [1.54, 1.807) is 36.4 Å². The van der Waals surface area contributed by atoms with E-state index in [-0.39, 0.29) is 11.9 Å². The molecule has 3 aromatic rings. The van der Waals surface area contributed by atoms with Gasteiger partial charge in [0.05, 0.1) is 21.9 Å². The number of hydrogen-bond acceptors (Lipinski definition) is 4. The van der Waals surface area contributed by atoms with E-state index < -0.39 is 11.4 Å². The van der Waals surface area contributed by atoms with Crippen LogP contribution in [0, 0.1) is 11.6 Å². The molecule has 4 nitrogen and oxygen atoms in total. The lowest BCUT2D eigenvalue weighted by molar-refractivity contribution is 0.271. The van der Waals surface area contributed by atoms with Crippen LogP contribution in [0.25, 0.3) is 11.1 Å². The molecule has 0 saturated heterocycles. The second kappa shape index (κ2) is 8.91. The fraction of sp³-hybridized carbons (Fsp3) is 0.292. The molecule has 1 heterocycles. The number of nitrogens with one attached hydrogen (secondary N) is 1. The van der Waals surface area contributed by atoms with Gasteiger partial charge in [-0.3, -0.25) is 4.98 Å². The van der Waals surface area contributed by atoms with Crippen molar-refractivity contribution < 1.29 is 8.78 Å². The SMILES string of the molecule is NC1CCC(N)(c2cc(-c3cccc(NCc4cccc(F)c4)c3F)c(Cl)cn2)CC1. The van der Waals surface area contributed by atoms with Gasteiger partial charge in [-0.1, -0.05) is 35.9 Å². The van der Waals surface area contributed by atoms with E-state index in [9.17, 15) is 4.39 Å². The van der Waals surface area contributed by atoms with Crippen molar-refractivity contribution in [3.05, 3.63) is 82.6 Å². The smallest absolute Gasteiger partial charge is 0.154 e. The highest BCUT2D eigenvalue weighted by molar-refractivity contribution is 6.33. The molecule has 31 heavy (non-hydrogen) atoms. The summed E-state index contributed by atoms with van der Waals surface area (Å²) in [5.74, 6) is -0.765. The van der Waals surface area contributed by atoms with E-state index in [0.717, 1.165) is 31.2 Å². The molecular weight excluding hydrogens is 418 g/mol. The fourth-order valence-electron chi connectivity index (χ4n) is 4.05. The van der Waals surface area contributed by atoms with Crippen molar-refractivity contribution >= 4 is 17.3 Å². The normalized spacial score (nSPS) is 21.1. The Kier molecular flexibility index (Phi) is 6.23. The van der Waals surface area contributed by atoms with Crippen LogP contribution in [-0.4, -0.2) is 11.0 Å². The van der Waals surface area contributed by atoms with Crippen LogP contribution in [0.5, 0.6) is 0 Å². The van der Waals surface area contributed by atoms with Gasteiger partial charge in [-0.25, -0.2) is 8.78 Å². The van der Waals surface area contributed by atoms with E-state index in [1.807, 2.05) is 0 Å². The summed E-state index contributed by atoms with van der Waals surface area (Å²) >= 11 is 6.40. The number of nitrogens with zero attached hydrogens (tertiary/aromatic N) is 1. The maximum absolute atomic E-state index is 15.4. The third-order valence-corrected chi connectivity index (χ3v) is 6.25. The number of hydrogen-bond donors (Lipinski definition) is 3. The van der Waals surface area contributed by atoms with Crippen LogP contribution in [0.2, 0.25) is 5.02 Å². The predicted molar refractivity (Wildman–Crippen MR) is 121 cm³/mol. The van der Waals surface area contributed by atoms with E-state index in [2.05, 4.69) is 10.3 Å². The lowest BCUT2D eigenvalue weighted by Crippen LogP contribution is -2.44. The van der Waals surface area contributed by atoms with Crippen molar-refractivity contribution in [2.45, 2.75) is 43.8 Å². The Hall–Kier alpha value is -2.54. The zero-order valence-electron chi connectivity index (χ0n) is 17.0. The topological polar surface area (TPSA) is 77.0 Å². The first-order valence-corrected chi connectivity index (χ1v) is 10.7. The fourth-order valence-corrected chi connectivity index (χ4v) is 4.25. The number of aromatic nitrogens is 1. The summed E-state index contributed by atoms with van der Waals surface area (Å²) in [6.07, 6.45) is 4.62. The molecule has 7 heteroatoms. The number of benzene rings is 2. The summed E-state index contributed by atoms with van der Waals surface area (Å²) in [5.41, 5.74) is 14.7. The zero-order valence-corrected chi connectivity index (χ0v) is 17.8. The molecule has 162 valence electrons. The minimum absolute atomic E-state index is 0.154. The highest BCUT2D eigenvalue weighted by Gasteiger charge is 2.34. The molecule has 5 N–H and O–H groups in total. The number of anilines is 1. The molecule has 0 atom stereocenters. The Morgan fingerprint density at radius 1 is 1.06 bits per heavy atom. The van der Waals surface area contributed by atoms with Crippen LogP contribution in [0.3, 0.4) is 0 Å². The molecule has 0 radical (unpaired) electrons. The second-order valence-corrected chi connectivity index (χ2v) is 8.60. The summed E-state index contributed by atoms with van der Waals surface area (Å²) in [4.78, 5) is 4.45. The van der Waals surface area contributed by atoms with Gasteiger partial charge in [-0.2, -0.15) is 0 Å². The summed E-state index contributed by atoms with van der Waals surface area (Å²) in [6, 6.07) is 13.2. The molecule has 0 aliphatic heterocycles. The van der Waals surface area contributed by atoms with Gasteiger partial charge < -0.3 is 16.8 Å². The van der Waals surface area contributed by atoms with E-state index >= 15 is 4.39 Å². The van der Waals surface area contributed by atoms with Crippen molar-refractivity contribution in [1.29, 1.82) is 0 Å². The van der Waals surface area contributed by atoms with Gasteiger partial charge >= 0.3 is 0 Å². The Morgan fingerprint density at radius 3 is 2.55 bits per heavy atom. The van der Waals surface area contributed by atoms with Gasteiger partial charge in [0.2, 0.25) is 0 Å². The molecule has 1 saturated carbocycles. The molecule has 2 aromatic carbocycles. The quantitative estimate of drug-likeness (QED) is 0.498. The lowest BCUT2D eigenvalue weighted by Gasteiger charge is -2.35. The van der Waals surface area contributed by atoms with E-state index in [0.29, 0.717) is 34.1 Å². The lowest BCUT2D eigenvalue weighted by atomic mass is 9.77. The Balaban J connectivity index is 1.63. The Morgan fingerprint density at radius 2 is 1.81 bits per heavy atom. The maximum atomic E-state index is 15.4. The number of pyridine rings is 1. The maximum Gasteiger partial charge on any atom is 0.154 e. The largest absolute Gasteiger partial charge is 0.379 e. The average Bonchev–Trinajstić information content (AvgIpc) is 2.76. The standard InChI is InChI=1S/C24H25ClF2N4/c25-20-14-31-22(24(29)9-7-17(28)8-10-24)12-19(20)18-5-2-6-21(23(18)27)30-13-15-3-1-4-16(26)11-15/h1-6,11-12,14,17,30H,7-10,13,28-29H2. The first kappa shape index (κ1) is 21.7. The highest BCUT2D eigenvalue weighted by atomic mass is 35.5. The molecule has 1 fully saturated rings. The van der Waals surface area contributed by atoms with Crippen molar-refractivity contribution in [2.75, 3.05) is 5.32 Å². The van der Waals surface area contributed by atoms with Crippen LogP contribution < -0.4 is 16.8 Å². The van der Waals surface area contributed by atoms with Crippen LogP contribution in [0.4, 0.5) is 14.5 Å². The minimum atomic E-state index is -0.598. The Bertz CT molecular complexity index is 1080. The second-order valence-electron chi connectivity index (χ2n) is 8.19. The number of nitrogens with two attached hydrogens (primary N) is 2. The van der Waals surface area contributed by atoms with Crippen LogP contribution >= 0.6 is 11.6 Å². The predicted octanol–water partition coefficient (Wildman–Crippen LogP) is 5.35. The van der Waals surface area contributed by atoms with Crippen molar-refractivity contribution in [1.82, 2.24) is 4.98 Å². The summed E-state index contributed by atoms with van der Waals surface area (Å²) < 4.78 is 28.8. The number of halogens is 3. The summed E-state index contributed by atoms with van der Waals surface area (Å²) in [7, 11) is 0. The van der Waals surface area contributed by atoms with Crippen LogP contribution in [0.15, 0.2) is 54.7 Å². The molecule has 4 rings (SSSR count). The van der Waals surface area contributed by atoms with Gasteiger partial charge in [-0.15, -0.1) is 0 Å². The average molecular weight is 443 g/mol. The monoisotopic (exact) mass is 442 g/mol. The molecule has 0 bridgehead atoms. The van der Waals surface area contributed by atoms with Crippen molar-refractivity contribution in [3.63, 3.8) is 0 Å². The van der Waals surface area contributed by atoms with E-state index in [1.165, 1.54) is 18.3 Å². The zero-order chi connectivity index (χ0) is 22.0. The van der Waals surface area contributed by atoms with Gasteiger partial charge in [0.15, 0.2) is 5.82 Å². The van der Waals surface area contributed by atoms with Gasteiger partial charge in [0.25, 0.3) is 0 Å². The van der Waals surface area contributed by atoms with Gasteiger partial charge in [0, 0.05) is 29.9 Å². The first-order valence-electron chi connectivity index (χ1n) is 10.3. The molecule has 1 aliphatic carbocycles. The minimum Gasteiger partial charge on any atom is -0.379 e. The highest BCUT2D eigenvalue weighted by Crippen LogP contribution is 2.38. The van der Waals surface area contributed by atoms with Crippen molar-refractivity contribution in [3.8, 4) is 11.1 Å². The third kappa shape index (κ3) is 4.71. The third-order valence-electron chi connectivity index (χ3n) is 5.95. The molecule has 0 spiro atoms. The van der Waals surface area contributed by atoms with Crippen LogP contribution in [-0.2, 0) is 12.1 Å². The molecular formula is C24H25ClF2N4. The molecule has 1 aliphatic rings. The molecule has 0 unspecified atom stereocenters. The first-order chi connectivity index (χ1) is 14.9. The van der Waals surface area contributed by atoms with Gasteiger partial charge in [0.1, 0.15) is 5.82 Å². The summed E-state index contributed by atoms with van der Waals surface area (Å²) in [6.45, 7) is 0.291. The van der Waals surface area contributed by atoms with Crippen molar-refractivity contribution in [2.24, 2.45) is 11.5 Å². The molecule has 0 amide bonds. The molecule has 1 aromatic heterocycles. The Labute approximate surface area is 185 Å².